The monoisotopic (exact) mass is 252 g/mol. The van der Waals surface area contributed by atoms with Crippen molar-refractivity contribution in [1.29, 1.82) is 0 Å². The Morgan fingerprint density at radius 1 is 1.59 bits per heavy atom. The zero-order valence-corrected chi connectivity index (χ0v) is 9.75. The zero-order chi connectivity index (χ0) is 12.6. The largest absolute Gasteiger partial charge is 0.467 e. The molecule has 0 amide bonds. The molecular formula is C12H9ClO4. The summed E-state index contributed by atoms with van der Waals surface area (Å²) in [6.45, 7) is 0. The fraction of sp³-hybridized carbons (Fsp3) is 0.250. The molecule has 1 atom stereocenters. The van der Waals surface area contributed by atoms with Crippen molar-refractivity contribution >= 4 is 29.1 Å². The number of fused-ring (bicyclic) bond motifs is 1. The maximum absolute atomic E-state index is 11.6. The minimum absolute atomic E-state index is 0.0276. The van der Waals surface area contributed by atoms with E-state index in [1.165, 1.54) is 0 Å². The molecule has 5 heteroatoms. The van der Waals surface area contributed by atoms with E-state index in [1.54, 1.807) is 24.1 Å². The van der Waals surface area contributed by atoms with Gasteiger partial charge in [-0.3, -0.25) is 0 Å². The van der Waals surface area contributed by atoms with Crippen LogP contribution in [-0.4, -0.2) is 29.7 Å². The summed E-state index contributed by atoms with van der Waals surface area (Å²) in [5.41, 5.74) is -0.944. The van der Waals surface area contributed by atoms with Crippen molar-refractivity contribution in [2.45, 2.75) is 12.0 Å². The van der Waals surface area contributed by atoms with Crippen LogP contribution in [0.1, 0.15) is 11.1 Å². The van der Waals surface area contributed by atoms with E-state index >= 15 is 0 Å². The van der Waals surface area contributed by atoms with E-state index < -0.39 is 11.6 Å². The molecule has 4 nitrogen and oxygen atoms in total. The van der Waals surface area contributed by atoms with E-state index in [9.17, 15) is 14.7 Å². The van der Waals surface area contributed by atoms with Gasteiger partial charge in [0.25, 0.3) is 0 Å². The minimum atomic E-state index is -1.95. The Balaban J connectivity index is 2.60. The van der Waals surface area contributed by atoms with Crippen LogP contribution in [0.3, 0.4) is 0 Å². The minimum Gasteiger partial charge on any atom is -0.467 e. The predicted octanol–water partition coefficient (Wildman–Crippen LogP) is 1.02. The average molecular weight is 253 g/mol. The molecule has 1 aromatic carbocycles. The number of methoxy groups -OCH3 is 1. The fourth-order valence-electron chi connectivity index (χ4n) is 2.02. The quantitative estimate of drug-likeness (QED) is 0.599. The van der Waals surface area contributed by atoms with Crippen LogP contribution >= 0.6 is 11.6 Å². The summed E-state index contributed by atoms with van der Waals surface area (Å²) in [5, 5.41) is 10.7. The molecule has 0 saturated heterocycles. The average Bonchev–Trinajstić information content (AvgIpc) is 2.59. The first-order chi connectivity index (χ1) is 8.02. The topological polar surface area (TPSA) is 63.6 Å². The number of ether oxygens (including phenoxy) is 1. The lowest BCUT2D eigenvalue weighted by molar-refractivity contribution is -0.155. The van der Waals surface area contributed by atoms with E-state index in [0.717, 1.165) is 7.11 Å². The van der Waals surface area contributed by atoms with Crippen molar-refractivity contribution < 1.29 is 19.4 Å². The second-order valence-electron chi connectivity index (χ2n) is 3.81. The summed E-state index contributed by atoms with van der Waals surface area (Å²) in [4.78, 5) is 22.5. The molecule has 1 aliphatic rings. The summed E-state index contributed by atoms with van der Waals surface area (Å²) in [6.07, 6.45) is -0.0276. The molecule has 0 fully saturated rings. The molecule has 88 valence electrons. The third-order valence-electron chi connectivity index (χ3n) is 2.82. The summed E-state index contributed by atoms with van der Waals surface area (Å²) >= 11 is 5.82. The van der Waals surface area contributed by atoms with Crippen LogP contribution < -0.4 is 0 Å². The second-order valence-corrected chi connectivity index (χ2v) is 4.24. The Hall–Kier alpha value is -1.61. The molecule has 0 spiro atoms. The first-order valence-corrected chi connectivity index (χ1v) is 5.26. The van der Waals surface area contributed by atoms with Crippen LogP contribution in [-0.2, 0) is 20.7 Å². The number of hydrogen-bond acceptors (Lipinski definition) is 4. The summed E-state index contributed by atoms with van der Waals surface area (Å²) < 4.78 is 4.51. The highest BCUT2D eigenvalue weighted by Gasteiger charge is 2.48. The van der Waals surface area contributed by atoms with Crippen molar-refractivity contribution in [3.63, 3.8) is 0 Å². The number of esters is 1. The maximum atomic E-state index is 11.6. The number of aliphatic hydroxyl groups is 1. The van der Waals surface area contributed by atoms with Gasteiger partial charge >= 0.3 is 5.97 Å². The Morgan fingerprint density at radius 3 is 2.88 bits per heavy atom. The number of rotatable bonds is 1. The van der Waals surface area contributed by atoms with Crippen LogP contribution in [0.25, 0.3) is 5.57 Å². The number of hydrogen-bond donors (Lipinski definition) is 1. The SMILES string of the molecule is COC(=O)C1(O)Cc2cc(Cl)ccc2C1=C=O. The highest BCUT2D eigenvalue weighted by Crippen LogP contribution is 2.40. The molecule has 0 bridgehead atoms. The van der Waals surface area contributed by atoms with Gasteiger partial charge in [0.05, 0.1) is 12.7 Å². The van der Waals surface area contributed by atoms with E-state index in [2.05, 4.69) is 4.74 Å². The van der Waals surface area contributed by atoms with E-state index in [0.29, 0.717) is 16.1 Å². The third kappa shape index (κ3) is 1.67. The Morgan fingerprint density at radius 2 is 2.29 bits per heavy atom. The number of benzene rings is 1. The first kappa shape index (κ1) is 11.9. The lowest BCUT2D eigenvalue weighted by Gasteiger charge is -2.18. The maximum Gasteiger partial charge on any atom is 0.343 e. The smallest absolute Gasteiger partial charge is 0.343 e. The molecule has 0 saturated carbocycles. The molecular weight excluding hydrogens is 244 g/mol. The summed E-state index contributed by atoms with van der Waals surface area (Å²) in [5.74, 6) is 0.746. The molecule has 1 aromatic rings. The van der Waals surface area contributed by atoms with Crippen LogP contribution in [0.2, 0.25) is 5.02 Å². The highest BCUT2D eigenvalue weighted by atomic mass is 35.5. The van der Waals surface area contributed by atoms with Gasteiger partial charge in [-0.15, -0.1) is 0 Å². The molecule has 0 radical (unpaired) electrons. The van der Waals surface area contributed by atoms with Crippen molar-refractivity contribution in [2.75, 3.05) is 7.11 Å². The Kier molecular flexibility index (Phi) is 2.79. The zero-order valence-electron chi connectivity index (χ0n) is 8.99. The van der Waals surface area contributed by atoms with Gasteiger partial charge in [-0.05, 0) is 23.3 Å². The van der Waals surface area contributed by atoms with Gasteiger partial charge in [0.1, 0.15) is 5.94 Å². The molecule has 17 heavy (non-hydrogen) atoms. The van der Waals surface area contributed by atoms with Gasteiger partial charge in [-0.2, -0.15) is 0 Å². The molecule has 0 aromatic heterocycles. The standard InChI is InChI=1S/C12H9ClO4/c1-17-11(15)12(16)5-7-4-8(13)2-3-9(7)10(12)6-14/h2-4,16H,5H2,1H3. The highest BCUT2D eigenvalue weighted by molar-refractivity contribution is 6.30. The molecule has 1 aliphatic carbocycles. The van der Waals surface area contributed by atoms with Crippen molar-refractivity contribution in [2.24, 2.45) is 0 Å². The molecule has 1 N–H and O–H groups in total. The van der Waals surface area contributed by atoms with Crippen molar-refractivity contribution in [3.8, 4) is 0 Å². The molecule has 0 aliphatic heterocycles. The number of carbonyl (C=O) groups is 1. The summed E-state index contributed by atoms with van der Waals surface area (Å²) in [6, 6.07) is 4.77. The van der Waals surface area contributed by atoms with Gasteiger partial charge in [-0.25, -0.2) is 9.59 Å². The third-order valence-corrected chi connectivity index (χ3v) is 3.06. The van der Waals surface area contributed by atoms with Crippen molar-refractivity contribution in [1.82, 2.24) is 0 Å². The summed E-state index contributed by atoms with van der Waals surface area (Å²) in [7, 11) is 1.15. The van der Waals surface area contributed by atoms with E-state index in [-0.39, 0.29) is 12.0 Å². The van der Waals surface area contributed by atoms with Gasteiger partial charge in [-0.1, -0.05) is 17.7 Å². The normalized spacial score (nSPS) is 21.9. The lowest BCUT2D eigenvalue weighted by Crippen LogP contribution is -2.39. The Bertz CT molecular complexity index is 545. The number of halogens is 1. The van der Waals surface area contributed by atoms with Crippen LogP contribution in [0.4, 0.5) is 0 Å². The molecule has 0 heterocycles. The second kappa shape index (κ2) is 4.00. The number of carbonyl (C=O) groups excluding carboxylic acids is 2. The van der Waals surface area contributed by atoms with Crippen LogP contribution in [0, 0.1) is 0 Å². The van der Waals surface area contributed by atoms with Crippen LogP contribution in [0.5, 0.6) is 0 Å². The van der Waals surface area contributed by atoms with Gasteiger partial charge in [0.2, 0.25) is 5.60 Å². The van der Waals surface area contributed by atoms with Gasteiger partial charge < -0.3 is 9.84 Å². The lowest BCUT2D eigenvalue weighted by atomic mass is 9.96. The predicted molar refractivity (Wildman–Crippen MR) is 61.2 cm³/mol. The van der Waals surface area contributed by atoms with E-state index in [1.807, 2.05) is 0 Å². The van der Waals surface area contributed by atoms with E-state index in [4.69, 9.17) is 11.6 Å². The van der Waals surface area contributed by atoms with Crippen molar-refractivity contribution in [3.05, 3.63) is 34.3 Å². The molecule has 2 rings (SSSR count). The van der Waals surface area contributed by atoms with Crippen LogP contribution in [0.15, 0.2) is 18.2 Å². The first-order valence-electron chi connectivity index (χ1n) is 4.88. The molecule has 1 unspecified atom stereocenters. The van der Waals surface area contributed by atoms with Gasteiger partial charge in [0.15, 0.2) is 0 Å². The Labute approximate surface area is 102 Å². The van der Waals surface area contributed by atoms with Gasteiger partial charge in [0, 0.05) is 11.4 Å². The fourth-order valence-corrected chi connectivity index (χ4v) is 2.22.